The molecule has 120 valence electrons. The summed E-state index contributed by atoms with van der Waals surface area (Å²) in [7, 11) is 0. The summed E-state index contributed by atoms with van der Waals surface area (Å²) in [5, 5.41) is 13.8. The minimum Gasteiger partial charge on any atom is -0.371 e. The molecule has 1 atom stereocenters. The maximum Gasteiger partial charge on any atom is 0.292 e. The Morgan fingerprint density at radius 1 is 1.45 bits per heavy atom. The van der Waals surface area contributed by atoms with Crippen LogP contribution in [0.25, 0.3) is 0 Å². The summed E-state index contributed by atoms with van der Waals surface area (Å²) in [5.74, 6) is 0.425. The molecule has 1 heterocycles. The molecule has 1 amide bonds. The Morgan fingerprint density at radius 3 is 2.68 bits per heavy atom. The van der Waals surface area contributed by atoms with E-state index in [-0.39, 0.29) is 24.2 Å². The molecule has 0 aliphatic carbocycles. The number of rotatable bonds is 5. The van der Waals surface area contributed by atoms with Crippen LogP contribution in [0.4, 0.5) is 11.4 Å². The fraction of sp³-hybridized carbons (Fsp3) is 0.533. The number of benzene rings is 1. The first-order chi connectivity index (χ1) is 10.5. The van der Waals surface area contributed by atoms with Gasteiger partial charge in [-0.1, -0.05) is 12.1 Å². The Bertz CT molecular complexity index is 539. The lowest BCUT2D eigenvalue weighted by Gasteiger charge is -2.33. The Kier molecular flexibility index (Phi) is 5.32. The molecule has 1 aromatic carbocycles. The number of amides is 1. The normalized spacial score (nSPS) is 17.1. The van der Waals surface area contributed by atoms with E-state index < -0.39 is 4.92 Å². The number of nitro benzene ring substituents is 1. The van der Waals surface area contributed by atoms with Gasteiger partial charge in [-0.15, -0.1) is 0 Å². The van der Waals surface area contributed by atoms with Crippen LogP contribution in [0.15, 0.2) is 24.3 Å². The monoisotopic (exact) mass is 306 g/mol. The predicted molar refractivity (Wildman–Crippen MR) is 84.5 cm³/mol. The van der Waals surface area contributed by atoms with Crippen LogP contribution in [0.2, 0.25) is 0 Å². The molecule has 1 aromatic rings. The third-order valence-electron chi connectivity index (χ3n) is 4.17. The second-order valence-electron chi connectivity index (χ2n) is 5.71. The van der Waals surface area contributed by atoms with Gasteiger partial charge in [0.1, 0.15) is 5.69 Å². The molecule has 0 spiro atoms. The lowest BCUT2D eigenvalue weighted by molar-refractivity contribution is -0.383. The minimum absolute atomic E-state index is 0.0223. The van der Waals surface area contributed by atoms with Crippen molar-refractivity contribution < 1.29 is 9.72 Å². The number of carbonyl (C=O) groups is 1. The van der Waals surface area contributed by atoms with Crippen LogP contribution in [-0.4, -0.2) is 41.4 Å². The number of nitrogens with two attached hydrogens (primary N) is 1. The number of anilines is 1. The molecule has 1 saturated heterocycles. The molecule has 1 fully saturated rings. The van der Waals surface area contributed by atoms with Crippen LogP contribution in [0.1, 0.15) is 19.8 Å². The second kappa shape index (κ2) is 7.22. The van der Waals surface area contributed by atoms with Gasteiger partial charge in [0.05, 0.1) is 11.5 Å². The maximum absolute atomic E-state index is 12.2. The number of nitro groups is 1. The Labute approximate surface area is 129 Å². The topological polar surface area (TPSA) is 102 Å². The number of carbonyl (C=O) groups excluding carboxylic acids is 1. The molecular formula is C15H22N4O3. The number of hydrogen-bond donors (Lipinski definition) is 2. The average Bonchev–Trinajstić information content (AvgIpc) is 2.52. The highest BCUT2D eigenvalue weighted by atomic mass is 16.6. The van der Waals surface area contributed by atoms with E-state index in [1.807, 2.05) is 6.92 Å². The van der Waals surface area contributed by atoms with Crippen LogP contribution in [0.3, 0.4) is 0 Å². The van der Waals surface area contributed by atoms with E-state index in [9.17, 15) is 14.9 Å². The zero-order valence-electron chi connectivity index (χ0n) is 12.7. The Hall–Kier alpha value is -2.15. The molecule has 7 nitrogen and oxygen atoms in total. The summed E-state index contributed by atoms with van der Waals surface area (Å²) in [6.07, 6.45) is 1.82. The standard InChI is InChI=1S/C15H22N4O3/c1-11(16)12-6-8-18(9-7-12)15(20)10-17-13-4-2-3-5-14(13)19(21)22/h2-5,11-12,17H,6-10,16H2,1H3. The first-order valence-corrected chi connectivity index (χ1v) is 7.49. The van der Waals surface area contributed by atoms with Crippen molar-refractivity contribution in [2.24, 2.45) is 11.7 Å². The van der Waals surface area contributed by atoms with Gasteiger partial charge in [-0.05, 0) is 31.7 Å². The summed E-state index contributed by atoms with van der Waals surface area (Å²) in [4.78, 5) is 24.5. The van der Waals surface area contributed by atoms with Gasteiger partial charge in [-0.2, -0.15) is 0 Å². The number of nitrogens with zero attached hydrogens (tertiary/aromatic N) is 2. The van der Waals surface area contributed by atoms with Crippen LogP contribution in [0, 0.1) is 16.0 Å². The molecule has 1 unspecified atom stereocenters. The lowest BCUT2D eigenvalue weighted by Crippen LogP contribution is -2.44. The minimum atomic E-state index is -0.457. The third-order valence-corrected chi connectivity index (χ3v) is 4.17. The molecule has 3 N–H and O–H groups in total. The van der Waals surface area contributed by atoms with Gasteiger partial charge in [0.2, 0.25) is 5.91 Å². The zero-order chi connectivity index (χ0) is 16.1. The summed E-state index contributed by atoms with van der Waals surface area (Å²) < 4.78 is 0. The van der Waals surface area contributed by atoms with Gasteiger partial charge in [0, 0.05) is 25.2 Å². The molecule has 1 aliphatic rings. The van der Waals surface area contributed by atoms with E-state index in [4.69, 9.17) is 5.73 Å². The van der Waals surface area contributed by atoms with Crippen LogP contribution >= 0.6 is 0 Å². The smallest absolute Gasteiger partial charge is 0.292 e. The maximum atomic E-state index is 12.2. The summed E-state index contributed by atoms with van der Waals surface area (Å²) in [5.41, 5.74) is 6.23. The van der Waals surface area contributed by atoms with Crippen molar-refractivity contribution >= 4 is 17.3 Å². The predicted octanol–water partition coefficient (Wildman–Crippen LogP) is 1.59. The number of nitrogens with one attached hydrogen (secondary N) is 1. The van der Waals surface area contributed by atoms with Crippen molar-refractivity contribution in [3.8, 4) is 0 Å². The molecule has 0 saturated carbocycles. The first kappa shape index (κ1) is 16.2. The molecule has 22 heavy (non-hydrogen) atoms. The molecule has 2 rings (SSSR count). The fourth-order valence-electron chi connectivity index (χ4n) is 2.74. The number of hydrogen-bond acceptors (Lipinski definition) is 5. The van der Waals surface area contributed by atoms with Crippen molar-refractivity contribution in [2.45, 2.75) is 25.8 Å². The van der Waals surface area contributed by atoms with Crippen molar-refractivity contribution in [3.63, 3.8) is 0 Å². The Balaban J connectivity index is 1.88. The Morgan fingerprint density at radius 2 is 2.09 bits per heavy atom. The summed E-state index contributed by atoms with van der Waals surface area (Å²) in [6, 6.07) is 6.48. The summed E-state index contributed by atoms with van der Waals surface area (Å²) in [6.45, 7) is 3.46. The van der Waals surface area contributed by atoms with Crippen LogP contribution in [-0.2, 0) is 4.79 Å². The van der Waals surface area contributed by atoms with Gasteiger partial charge >= 0.3 is 0 Å². The van der Waals surface area contributed by atoms with E-state index in [1.54, 1.807) is 23.1 Å². The van der Waals surface area contributed by atoms with Crippen molar-refractivity contribution in [2.75, 3.05) is 25.0 Å². The van der Waals surface area contributed by atoms with Gasteiger partial charge < -0.3 is 16.0 Å². The molecule has 1 aliphatic heterocycles. The molecule has 0 radical (unpaired) electrons. The number of piperidine rings is 1. The molecule has 0 bridgehead atoms. The fourth-order valence-corrected chi connectivity index (χ4v) is 2.74. The van der Waals surface area contributed by atoms with E-state index in [0.717, 1.165) is 12.8 Å². The number of para-hydroxylation sites is 2. The second-order valence-corrected chi connectivity index (χ2v) is 5.71. The molecule has 7 heteroatoms. The van der Waals surface area contributed by atoms with Crippen LogP contribution < -0.4 is 11.1 Å². The third kappa shape index (κ3) is 3.94. The van der Waals surface area contributed by atoms with E-state index in [0.29, 0.717) is 24.7 Å². The number of likely N-dealkylation sites (tertiary alicyclic amines) is 1. The SMILES string of the molecule is CC(N)C1CCN(C(=O)CNc2ccccc2[N+](=O)[O-])CC1. The molecule has 0 aromatic heterocycles. The lowest BCUT2D eigenvalue weighted by atomic mass is 9.91. The highest BCUT2D eigenvalue weighted by molar-refractivity contribution is 5.81. The van der Waals surface area contributed by atoms with E-state index in [1.165, 1.54) is 6.07 Å². The highest BCUT2D eigenvalue weighted by Crippen LogP contribution is 2.23. The van der Waals surface area contributed by atoms with Gasteiger partial charge in [-0.3, -0.25) is 14.9 Å². The highest BCUT2D eigenvalue weighted by Gasteiger charge is 2.24. The van der Waals surface area contributed by atoms with Crippen molar-refractivity contribution in [1.82, 2.24) is 4.90 Å². The van der Waals surface area contributed by atoms with Crippen LogP contribution in [0.5, 0.6) is 0 Å². The van der Waals surface area contributed by atoms with E-state index in [2.05, 4.69) is 5.32 Å². The van der Waals surface area contributed by atoms with Crippen molar-refractivity contribution in [3.05, 3.63) is 34.4 Å². The van der Waals surface area contributed by atoms with Crippen molar-refractivity contribution in [1.29, 1.82) is 0 Å². The van der Waals surface area contributed by atoms with Gasteiger partial charge in [0.25, 0.3) is 5.69 Å². The van der Waals surface area contributed by atoms with Gasteiger partial charge in [-0.25, -0.2) is 0 Å². The largest absolute Gasteiger partial charge is 0.371 e. The quantitative estimate of drug-likeness (QED) is 0.635. The average molecular weight is 306 g/mol. The first-order valence-electron chi connectivity index (χ1n) is 7.49. The zero-order valence-corrected chi connectivity index (χ0v) is 12.7. The summed E-state index contributed by atoms with van der Waals surface area (Å²) >= 11 is 0. The van der Waals surface area contributed by atoms with Gasteiger partial charge in [0.15, 0.2) is 0 Å². The van der Waals surface area contributed by atoms with E-state index >= 15 is 0 Å². The molecular weight excluding hydrogens is 284 g/mol.